The summed E-state index contributed by atoms with van der Waals surface area (Å²) in [5, 5.41) is 11.8. The topological polar surface area (TPSA) is 92.2 Å². The Kier molecular flexibility index (Phi) is 3.82. The van der Waals surface area contributed by atoms with Crippen LogP contribution in [-0.2, 0) is 4.79 Å². The number of nitrogens with zero attached hydrogens (tertiary/aromatic N) is 2. The molecular formula is C16H15N3O3. The van der Waals surface area contributed by atoms with Gasteiger partial charge in [0.2, 0.25) is 0 Å². The van der Waals surface area contributed by atoms with Crippen molar-refractivity contribution in [3.8, 4) is 0 Å². The molecule has 2 N–H and O–H groups in total. The summed E-state index contributed by atoms with van der Waals surface area (Å²) in [4.78, 5) is 31.8. The second-order valence-electron chi connectivity index (χ2n) is 5.26. The van der Waals surface area contributed by atoms with Crippen molar-refractivity contribution in [1.29, 1.82) is 0 Å². The third-order valence-electron chi connectivity index (χ3n) is 3.67. The number of carbonyl (C=O) groups excluding carboxylic acids is 1. The Labute approximate surface area is 126 Å². The standard InChI is InChI=1S/C16H15N3O3/c20-15(18-11-5-3-4-10(8-11)16(21)22)14-9-17-12-6-1-2-7-13(12)19-14/h1-3,5-7,9-11H,4,8H2,(H,18,20)(H,21,22)/t10-,11-/m1/s1. The lowest BCUT2D eigenvalue weighted by atomic mass is 9.91. The van der Waals surface area contributed by atoms with Crippen LogP contribution < -0.4 is 5.32 Å². The lowest BCUT2D eigenvalue weighted by molar-refractivity contribution is -0.142. The van der Waals surface area contributed by atoms with Gasteiger partial charge in [-0.3, -0.25) is 14.6 Å². The molecule has 0 unspecified atom stereocenters. The Hall–Kier alpha value is -2.76. The highest BCUT2D eigenvalue weighted by molar-refractivity contribution is 5.94. The van der Waals surface area contributed by atoms with Crippen LogP contribution in [-0.4, -0.2) is 33.0 Å². The number of aromatic nitrogens is 2. The fraction of sp³-hybridized carbons (Fsp3) is 0.250. The van der Waals surface area contributed by atoms with Gasteiger partial charge in [0.25, 0.3) is 5.91 Å². The average molecular weight is 297 g/mol. The summed E-state index contributed by atoms with van der Waals surface area (Å²) >= 11 is 0. The molecule has 0 fully saturated rings. The van der Waals surface area contributed by atoms with E-state index in [-0.39, 0.29) is 17.6 Å². The Bertz CT molecular complexity index is 757. The molecule has 0 saturated carbocycles. The molecule has 3 rings (SSSR count). The van der Waals surface area contributed by atoms with Crippen LogP contribution in [0.3, 0.4) is 0 Å². The van der Waals surface area contributed by atoms with Gasteiger partial charge >= 0.3 is 5.97 Å². The zero-order valence-electron chi connectivity index (χ0n) is 11.8. The first kappa shape index (κ1) is 14.2. The predicted octanol–water partition coefficient (Wildman–Crippen LogP) is 1.78. The van der Waals surface area contributed by atoms with Gasteiger partial charge in [-0.2, -0.15) is 0 Å². The van der Waals surface area contributed by atoms with Crippen LogP contribution in [0.1, 0.15) is 23.3 Å². The van der Waals surface area contributed by atoms with Crippen molar-refractivity contribution in [3.05, 3.63) is 48.3 Å². The van der Waals surface area contributed by atoms with Crippen molar-refractivity contribution in [1.82, 2.24) is 15.3 Å². The highest BCUT2D eigenvalue weighted by Crippen LogP contribution is 2.19. The number of carboxylic acids is 1. The maximum absolute atomic E-state index is 12.2. The van der Waals surface area contributed by atoms with Crippen LogP contribution in [0.2, 0.25) is 0 Å². The van der Waals surface area contributed by atoms with Crippen LogP contribution in [0.15, 0.2) is 42.6 Å². The lowest BCUT2D eigenvalue weighted by Gasteiger charge is -2.22. The fourth-order valence-corrected chi connectivity index (χ4v) is 2.51. The van der Waals surface area contributed by atoms with Gasteiger partial charge < -0.3 is 10.4 Å². The van der Waals surface area contributed by atoms with E-state index in [1.807, 2.05) is 24.3 Å². The number of aliphatic carboxylic acids is 1. The summed E-state index contributed by atoms with van der Waals surface area (Å²) in [7, 11) is 0. The number of carbonyl (C=O) groups is 2. The molecule has 6 nitrogen and oxygen atoms in total. The van der Waals surface area contributed by atoms with Crippen LogP contribution in [0.5, 0.6) is 0 Å². The van der Waals surface area contributed by atoms with Crippen LogP contribution in [0.4, 0.5) is 0 Å². The monoisotopic (exact) mass is 297 g/mol. The minimum Gasteiger partial charge on any atom is -0.481 e. The zero-order valence-corrected chi connectivity index (χ0v) is 11.8. The minimum atomic E-state index is -0.839. The summed E-state index contributed by atoms with van der Waals surface area (Å²) < 4.78 is 0. The van der Waals surface area contributed by atoms with E-state index < -0.39 is 11.9 Å². The molecular weight excluding hydrogens is 282 g/mol. The van der Waals surface area contributed by atoms with Crippen LogP contribution in [0, 0.1) is 5.92 Å². The van der Waals surface area contributed by atoms with Crippen molar-refractivity contribution < 1.29 is 14.7 Å². The second-order valence-corrected chi connectivity index (χ2v) is 5.26. The highest BCUT2D eigenvalue weighted by Gasteiger charge is 2.25. The zero-order chi connectivity index (χ0) is 15.5. The number of para-hydroxylation sites is 2. The predicted molar refractivity (Wildman–Crippen MR) is 80.3 cm³/mol. The number of fused-ring (bicyclic) bond motifs is 1. The molecule has 22 heavy (non-hydrogen) atoms. The smallest absolute Gasteiger partial charge is 0.306 e. The number of nitrogens with one attached hydrogen (secondary N) is 1. The van der Waals surface area contributed by atoms with E-state index in [9.17, 15) is 9.59 Å². The first-order chi connectivity index (χ1) is 10.6. The van der Waals surface area contributed by atoms with Gasteiger partial charge in [-0.1, -0.05) is 24.3 Å². The Morgan fingerprint density at radius 2 is 2.00 bits per heavy atom. The molecule has 112 valence electrons. The number of hydrogen-bond acceptors (Lipinski definition) is 4. The van der Waals surface area contributed by atoms with E-state index >= 15 is 0 Å². The number of carboxylic acid groups (broad SMARTS) is 1. The second kappa shape index (κ2) is 5.93. The number of amides is 1. The minimum absolute atomic E-state index is 0.226. The van der Waals surface area contributed by atoms with Gasteiger partial charge in [0.15, 0.2) is 0 Å². The van der Waals surface area contributed by atoms with E-state index in [0.29, 0.717) is 18.4 Å². The van der Waals surface area contributed by atoms with Crippen LogP contribution >= 0.6 is 0 Å². The highest BCUT2D eigenvalue weighted by atomic mass is 16.4. The molecule has 1 aliphatic carbocycles. The van der Waals surface area contributed by atoms with Crippen molar-refractivity contribution in [3.63, 3.8) is 0 Å². The van der Waals surface area contributed by atoms with Gasteiger partial charge in [-0.15, -0.1) is 0 Å². The van der Waals surface area contributed by atoms with Crippen molar-refractivity contribution >= 4 is 22.9 Å². The number of benzene rings is 1. The van der Waals surface area contributed by atoms with Crippen molar-refractivity contribution in [2.75, 3.05) is 0 Å². The fourth-order valence-electron chi connectivity index (χ4n) is 2.51. The maximum Gasteiger partial charge on any atom is 0.306 e. The first-order valence-corrected chi connectivity index (χ1v) is 7.05. The lowest BCUT2D eigenvalue weighted by Crippen LogP contribution is -2.38. The van der Waals surface area contributed by atoms with E-state index in [1.54, 1.807) is 12.1 Å². The molecule has 0 bridgehead atoms. The number of hydrogen-bond donors (Lipinski definition) is 2. The van der Waals surface area contributed by atoms with Gasteiger partial charge in [0, 0.05) is 6.04 Å². The van der Waals surface area contributed by atoms with Gasteiger partial charge in [0.05, 0.1) is 23.1 Å². The largest absolute Gasteiger partial charge is 0.481 e. The molecule has 1 heterocycles. The molecule has 2 atom stereocenters. The third kappa shape index (κ3) is 2.95. The third-order valence-corrected chi connectivity index (χ3v) is 3.67. The quantitative estimate of drug-likeness (QED) is 0.842. The summed E-state index contributed by atoms with van der Waals surface area (Å²) in [5.74, 6) is -1.65. The molecule has 0 saturated heterocycles. The normalized spacial score (nSPS) is 20.7. The molecule has 2 aromatic rings. The molecule has 0 aliphatic heterocycles. The molecule has 0 radical (unpaired) electrons. The van der Waals surface area contributed by atoms with Crippen LogP contribution in [0.25, 0.3) is 11.0 Å². The van der Waals surface area contributed by atoms with Crippen molar-refractivity contribution in [2.45, 2.75) is 18.9 Å². The first-order valence-electron chi connectivity index (χ1n) is 7.05. The van der Waals surface area contributed by atoms with E-state index in [1.165, 1.54) is 6.20 Å². The average Bonchev–Trinajstić information content (AvgIpc) is 2.54. The van der Waals surface area contributed by atoms with E-state index in [4.69, 9.17) is 5.11 Å². The summed E-state index contributed by atoms with van der Waals surface area (Å²) in [5.41, 5.74) is 1.60. The van der Waals surface area contributed by atoms with E-state index in [0.717, 1.165) is 5.52 Å². The SMILES string of the molecule is O=C(N[C@@H]1C=CC[C@@H](C(=O)O)C1)c1cnc2ccccc2n1. The summed E-state index contributed by atoms with van der Waals surface area (Å²) in [6, 6.07) is 7.01. The molecule has 1 amide bonds. The van der Waals surface area contributed by atoms with Gasteiger partial charge in [-0.25, -0.2) is 4.98 Å². The molecule has 6 heteroatoms. The van der Waals surface area contributed by atoms with Gasteiger partial charge in [-0.05, 0) is 25.0 Å². The molecule has 1 aliphatic rings. The number of rotatable bonds is 3. The van der Waals surface area contributed by atoms with E-state index in [2.05, 4.69) is 15.3 Å². The molecule has 1 aromatic carbocycles. The number of allylic oxidation sites excluding steroid dienone is 1. The van der Waals surface area contributed by atoms with Crippen molar-refractivity contribution in [2.24, 2.45) is 5.92 Å². The Morgan fingerprint density at radius 1 is 1.23 bits per heavy atom. The Morgan fingerprint density at radius 3 is 2.77 bits per heavy atom. The summed E-state index contributed by atoms with van der Waals surface area (Å²) in [6.45, 7) is 0. The molecule has 0 spiro atoms. The Balaban J connectivity index is 1.74. The van der Waals surface area contributed by atoms with Gasteiger partial charge in [0.1, 0.15) is 5.69 Å². The molecule has 1 aromatic heterocycles. The maximum atomic E-state index is 12.2. The summed E-state index contributed by atoms with van der Waals surface area (Å²) in [6.07, 6.45) is 5.93.